The van der Waals surface area contributed by atoms with Crippen LogP contribution in [0.2, 0.25) is 0 Å². The van der Waals surface area contributed by atoms with Crippen LogP contribution in [-0.4, -0.2) is 24.5 Å². The van der Waals surface area contributed by atoms with Gasteiger partial charge in [0.15, 0.2) is 0 Å². The summed E-state index contributed by atoms with van der Waals surface area (Å²) in [6.45, 7) is 10.8. The maximum Gasteiger partial charge on any atom is -0.00130 e. The van der Waals surface area contributed by atoms with Crippen molar-refractivity contribution in [1.82, 2.24) is 4.90 Å². The zero-order valence-corrected chi connectivity index (χ0v) is 19.2. The molecule has 2 aromatic carbocycles. The van der Waals surface area contributed by atoms with E-state index < -0.39 is 0 Å². The van der Waals surface area contributed by atoms with Crippen LogP contribution in [0.1, 0.15) is 90.0 Å². The maximum atomic E-state index is 2.74. The van der Waals surface area contributed by atoms with Crippen LogP contribution < -0.4 is 0 Å². The number of hydrogen-bond acceptors (Lipinski definition) is 1. The van der Waals surface area contributed by atoms with Gasteiger partial charge in [-0.15, -0.1) is 0 Å². The van der Waals surface area contributed by atoms with Crippen LogP contribution in [0.4, 0.5) is 0 Å². The van der Waals surface area contributed by atoms with E-state index in [1.54, 1.807) is 0 Å². The maximum absolute atomic E-state index is 2.74. The number of nitrogens with zero attached hydrogens (tertiary/aromatic N) is 1. The Bertz CT molecular complexity index is 636. The smallest absolute Gasteiger partial charge is 0.00130 e. The first kappa shape index (κ1) is 23.7. The van der Waals surface area contributed by atoms with Gasteiger partial charge in [-0.25, -0.2) is 0 Å². The fourth-order valence-electron chi connectivity index (χ4n) is 4.20. The summed E-state index contributed by atoms with van der Waals surface area (Å²) in [7, 11) is 0. The first-order valence-electron chi connectivity index (χ1n) is 12.1. The molecule has 0 fully saturated rings. The second-order valence-corrected chi connectivity index (χ2v) is 8.61. The fraction of sp³-hybridized carbons (Fsp3) is 0.571. The zero-order valence-electron chi connectivity index (χ0n) is 19.2. The van der Waals surface area contributed by atoms with E-state index in [4.69, 9.17) is 0 Å². The Labute approximate surface area is 180 Å². The number of unbranched alkanes of at least 4 members (excludes halogenated alkanes) is 6. The van der Waals surface area contributed by atoms with E-state index in [1.807, 2.05) is 0 Å². The summed E-state index contributed by atoms with van der Waals surface area (Å²) in [5.74, 6) is 0.584. The average Bonchev–Trinajstić information content (AvgIpc) is 2.77. The van der Waals surface area contributed by atoms with Crippen LogP contribution in [0.15, 0.2) is 54.6 Å². The highest BCUT2D eigenvalue weighted by Crippen LogP contribution is 2.31. The Kier molecular flexibility index (Phi) is 11.8. The Morgan fingerprint density at radius 3 is 1.86 bits per heavy atom. The first-order chi connectivity index (χ1) is 14.3. The molecule has 0 aliphatic carbocycles. The fourth-order valence-corrected chi connectivity index (χ4v) is 4.20. The molecule has 1 unspecified atom stereocenters. The van der Waals surface area contributed by atoms with Crippen LogP contribution in [0, 0.1) is 0 Å². The van der Waals surface area contributed by atoms with Gasteiger partial charge in [-0.1, -0.05) is 114 Å². The third kappa shape index (κ3) is 8.74. The molecule has 0 aliphatic heterocycles. The molecule has 1 nitrogen and oxygen atoms in total. The molecule has 0 aliphatic rings. The molecular formula is C28H43N. The summed E-state index contributed by atoms with van der Waals surface area (Å²) in [4.78, 5) is 2.74. The molecule has 2 aromatic rings. The Hall–Kier alpha value is -1.60. The van der Waals surface area contributed by atoms with Gasteiger partial charge in [-0.3, -0.25) is 0 Å². The lowest BCUT2D eigenvalue weighted by molar-refractivity contribution is 0.252. The van der Waals surface area contributed by atoms with Gasteiger partial charge in [0.25, 0.3) is 0 Å². The molecule has 0 saturated carbocycles. The molecule has 29 heavy (non-hydrogen) atoms. The zero-order chi connectivity index (χ0) is 20.7. The summed E-state index contributed by atoms with van der Waals surface area (Å²) in [5, 5.41) is 0. The minimum atomic E-state index is 0.584. The monoisotopic (exact) mass is 393 g/mol. The molecule has 0 aromatic heterocycles. The van der Waals surface area contributed by atoms with Gasteiger partial charge in [-0.2, -0.15) is 0 Å². The van der Waals surface area contributed by atoms with E-state index in [-0.39, 0.29) is 0 Å². The quantitative estimate of drug-likeness (QED) is 0.275. The number of rotatable bonds is 15. The molecule has 0 radical (unpaired) electrons. The molecular weight excluding hydrogens is 350 g/mol. The van der Waals surface area contributed by atoms with Crippen LogP contribution in [0.25, 0.3) is 11.1 Å². The number of benzene rings is 2. The average molecular weight is 394 g/mol. The highest BCUT2D eigenvalue weighted by atomic mass is 15.1. The second-order valence-electron chi connectivity index (χ2n) is 8.61. The highest BCUT2D eigenvalue weighted by molar-refractivity contribution is 5.67. The summed E-state index contributed by atoms with van der Waals surface area (Å²) >= 11 is 0. The van der Waals surface area contributed by atoms with Crippen molar-refractivity contribution in [3.63, 3.8) is 0 Å². The van der Waals surface area contributed by atoms with Crippen LogP contribution in [-0.2, 0) is 0 Å². The molecule has 0 N–H and O–H groups in total. The van der Waals surface area contributed by atoms with Crippen molar-refractivity contribution in [1.29, 1.82) is 0 Å². The van der Waals surface area contributed by atoms with Gasteiger partial charge in [0, 0.05) is 0 Å². The van der Waals surface area contributed by atoms with Gasteiger partial charge in [-0.05, 0) is 61.5 Å². The first-order valence-corrected chi connectivity index (χ1v) is 12.1. The van der Waals surface area contributed by atoms with Gasteiger partial charge >= 0.3 is 0 Å². The van der Waals surface area contributed by atoms with Gasteiger partial charge < -0.3 is 4.90 Å². The molecule has 1 heteroatoms. The van der Waals surface area contributed by atoms with Crippen molar-refractivity contribution in [3.8, 4) is 11.1 Å². The summed E-state index contributed by atoms with van der Waals surface area (Å²) in [6.07, 6.45) is 12.1. The Morgan fingerprint density at radius 2 is 1.24 bits per heavy atom. The third-order valence-electron chi connectivity index (χ3n) is 6.11. The van der Waals surface area contributed by atoms with Crippen molar-refractivity contribution in [2.45, 2.75) is 84.5 Å². The molecule has 160 valence electrons. The third-order valence-corrected chi connectivity index (χ3v) is 6.11. The Balaban J connectivity index is 1.95. The van der Waals surface area contributed by atoms with Crippen LogP contribution in [0.5, 0.6) is 0 Å². The summed E-state index contributed by atoms with van der Waals surface area (Å²) in [6, 6.07) is 19.9. The van der Waals surface area contributed by atoms with E-state index in [9.17, 15) is 0 Å². The van der Waals surface area contributed by atoms with Crippen LogP contribution >= 0.6 is 0 Å². The predicted octanol–water partition coefficient (Wildman–Crippen LogP) is 8.31. The van der Waals surface area contributed by atoms with Crippen molar-refractivity contribution in [2.24, 2.45) is 0 Å². The Morgan fingerprint density at radius 1 is 0.655 bits per heavy atom. The molecule has 1 atom stereocenters. The van der Waals surface area contributed by atoms with E-state index >= 15 is 0 Å². The van der Waals surface area contributed by atoms with Crippen LogP contribution in [0.3, 0.4) is 0 Å². The van der Waals surface area contributed by atoms with E-state index in [0.717, 1.165) is 0 Å². The minimum Gasteiger partial charge on any atom is -0.303 e. The predicted molar refractivity (Wildman–Crippen MR) is 130 cm³/mol. The largest absolute Gasteiger partial charge is 0.303 e. The van der Waals surface area contributed by atoms with E-state index in [0.29, 0.717) is 5.92 Å². The SMILES string of the molecule is CCCCCCN(CCCCCC)CCC(C)c1ccccc1-c1ccccc1. The summed E-state index contributed by atoms with van der Waals surface area (Å²) < 4.78 is 0. The van der Waals surface area contributed by atoms with Crippen molar-refractivity contribution >= 4 is 0 Å². The number of hydrogen-bond donors (Lipinski definition) is 0. The van der Waals surface area contributed by atoms with Gasteiger partial charge in [0.2, 0.25) is 0 Å². The summed E-state index contributed by atoms with van der Waals surface area (Å²) in [5.41, 5.74) is 4.24. The molecule has 0 saturated heterocycles. The standard InChI is InChI=1S/C28H43N/c1-4-6-8-15-22-29(23-16-9-7-5-2)24-21-25(3)27-19-13-14-20-28(27)26-17-11-10-12-18-26/h10-14,17-20,25H,4-9,15-16,21-24H2,1-3H3. The molecule has 0 bridgehead atoms. The molecule has 0 amide bonds. The van der Waals surface area contributed by atoms with E-state index in [1.165, 1.54) is 94.1 Å². The van der Waals surface area contributed by atoms with Gasteiger partial charge in [0.1, 0.15) is 0 Å². The lowest BCUT2D eigenvalue weighted by atomic mass is 9.89. The minimum absolute atomic E-state index is 0.584. The second kappa shape index (κ2) is 14.4. The van der Waals surface area contributed by atoms with Gasteiger partial charge in [0.05, 0.1) is 0 Å². The lowest BCUT2D eigenvalue weighted by Crippen LogP contribution is -2.28. The van der Waals surface area contributed by atoms with Crippen molar-refractivity contribution < 1.29 is 0 Å². The normalized spacial score (nSPS) is 12.4. The molecule has 0 heterocycles. The van der Waals surface area contributed by atoms with Crippen molar-refractivity contribution in [3.05, 3.63) is 60.2 Å². The lowest BCUT2D eigenvalue weighted by Gasteiger charge is -2.25. The van der Waals surface area contributed by atoms with E-state index in [2.05, 4.69) is 80.3 Å². The molecule has 2 rings (SSSR count). The topological polar surface area (TPSA) is 3.24 Å². The molecule has 0 spiro atoms. The van der Waals surface area contributed by atoms with Crippen molar-refractivity contribution in [2.75, 3.05) is 19.6 Å². The highest BCUT2D eigenvalue weighted by Gasteiger charge is 2.13.